The van der Waals surface area contributed by atoms with Crippen LogP contribution in [0.25, 0.3) is 0 Å². The minimum absolute atomic E-state index is 0. The molecule has 0 aliphatic carbocycles. The van der Waals surface area contributed by atoms with Gasteiger partial charge in [0, 0.05) is 42.9 Å². The van der Waals surface area contributed by atoms with E-state index >= 15 is 0 Å². The van der Waals surface area contributed by atoms with Gasteiger partial charge in [-0.1, -0.05) is 35.4 Å². The van der Waals surface area contributed by atoms with E-state index in [0.29, 0.717) is 63.8 Å². The molecule has 21 heteroatoms. The molecule has 342 valence electrons. The first-order valence-corrected chi connectivity index (χ1v) is 24.5. The first-order valence-electron chi connectivity index (χ1n) is 19.7. The third kappa shape index (κ3) is 31.7. The number of cyclic esters (lactones) is 6. The van der Waals surface area contributed by atoms with Crippen LogP contribution in [-0.4, -0.2) is 153 Å². The monoisotopic (exact) mass is 981 g/mol. The number of aliphatic imine (C=N–C) groups is 1. The van der Waals surface area contributed by atoms with Crippen LogP contribution in [0.1, 0.15) is 91.9 Å². The maximum Gasteiger partial charge on any atom is 0.334 e. The summed E-state index contributed by atoms with van der Waals surface area (Å²) >= 11 is 3.45. The molecule has 0 atom stereocenters. The lowest BCUT2D eigenvalue weighted by molar-refractivity contribution is -0.926. The van der Waals surface area contributed by atoms with Gasteiger partial charge in [-0.05, 0) is 51.7 Å². The Bertz CT molecular complexity index is 1170. The summed E-state index contributed by atoms with van der Waals surface area (Å²) in [7, 11) is 5.01. The van der Waals surface area contributed by atoms with Gasteiger partial charge < -0.3 is 42.4 Å². The molecule has 0 saturated carbocycles. The number of hydrogen-bond acceptors (Lipinski definition) is 19. The van der Waals surface area contributed by atoms with Crippen molar-refractivity contribution in [1.82, 2.24) is 0 Å². The van der Waals surface area contributed by atoms with Crippen molar-refractivity contribution in [2.24, 2.45) is 4.99 Å². The fourth-order valence-corrected chi connectivity index (χ4v) is 8.29. The van der Waals surface area contributed by atoms with Crippen LogP contribution in [0.3, 0.4) is 0 Å². The molecule has 16 nitrogen and oxygen atoms in total. The van der Waals surface area contributed by atoms with E-state index in [1.165, 1.54) is 25.9 Å². The Balaban J connectivity index is 0.000000690. The van der Waals surface area contributed by atoms with Gasteiger partial charge in [0.05, 0.1) is 38.9 Å². The number of carbonyl (C=O) groups is 6. The summed E-state index contributed by atoms with van der Waals surface area (Å²) < 4.78 is 39.7. The molecule has 6 aliphatic rings. The van der Waals surface area contributed by atoms with Gasteiger partial charge >= 0.3 is 35.8 Å². The second kappa shape index (κ2) is 35.8. The highest BCUT2D eigenvalue weighted by atomic mass is 79.9. The molecule has 59 heavy (non-hydrogen) atoms. The van der Waals surface area contributed by atoms with Crippen LogP contribution < -0.4 is 0 Å². The summed E-state index contributed by atoms with van der Waals surface area (Å²) in [6, 6.07) is 0. The minimum atomic E-state index is -0.702. The third-order valence-electron chi connectivity index (χ3n) is 8.40. The molecule has 0 aromatic carbocycles. The van der Waals surface area contributed by atoms with Crippen molar-refractivity contribution in [2.75, 3.05) is 101 Å². The van der Waals surface area contributed by atoms with Crippen molar-refractivity contribution >= 4 is 104 Å². The van der Waals surface area contributed by atoms with E-state index in [2.05, 4.69) is 23.6 Å². The number of esters is 6. The predicted octanol–water partition coefficient (Wildman–Crippen LogP) is 6.16. The molecular weight excluding hydrogens is 917 g/mol. The van der Waals surface area contributed by atoms with Gasteiger partial charge in [-0.15, -0.1) is 28.7 Å². The van der Waals surface area contributed by atoms with Crippen molar-refractivity contribution in [2.45, 2.75) is 97.7 Å². The lowest BCUT2D eigenvalue weighted by atomic mass is 10.2. The molecule has 0 aromatic rings. The number of thioether (sulfide) groups is 2. The molecule has 0 spiro atoms. The Kier molecular flexibility index (Phi) is 34.7. The highest BCUT2D eigenvalue weighted by molar-refractivity contribution is 8.93. The van der Waals surface area contributed by atoms with E-state index in [1.807, 2.05) is 0 Å². The topological polar surface area (TPSA) is 189 Å². The van der Waals surface area contributed by atoms with Gasteiger partial charge in [0.2, 0.25) is 0 Å². The molecule has 6 saturated heterocycles. The fraction of sp³-hybridized carbons (Fsp3) is 0.816. The third-order valence-corrected chi connectivity index (χ3v) is 12.2. The van der Waals surface area contributed by atoms with Gasteiger partial charge in [-0.2, -0.15) is 11.8 Å². The molecule has 0 N–H and O–H groups in total. The average Bonchev–Trinajstić information content (AvgIpc) is 3.85. The molecule has 6 aliphatic heterocycles. The first kappa shape index (κ1) is 57.2. The molecule has 6 rings (SSSR count). The maximum atomic E-state index is 11.1. The first-order chi connectivity index (χ1) is 27.8. The van der Waals surface area contributed by atoms with Gasteiger partial charge in [-0.3, -0.25) is 29.0 Å². The Labute approximate surface area is 376 Å². The van der Waals surface area contributed by atoms with E-state index in [-0.39, 0.29) is 66.2 Å². The maximum absolute atomic E-state index is 11.1. The van der Waals surface area contributed by atoms with Crippen molar-refractivity contribution < 1.29 is 71.1 Å². The largest absolute Gasteiger partial charge is 0.465 e. The smallest absolute Gasteiger partial charge is 0.334 e. The fourth-order valence-electron chi connectivity index (χ4n) is 5.33. The Morgan fingerprint density at radius 2 is 1.20 bits per heavy atom. The number of quaternary nitrogens is 1. The summed E-state index contributed by atoms with van der Waals surface area (Å²) in [4.78, 5) is 67.7. The van der Waals surface area contributed by atoms with Crippen LogP contribution in [-0.2, 0) is 66.7 Å². The second-order valence-electron chi connectivity index (χ2n) is 13.5. The van der Waals surface area contributed by atoms with Crippen LogP contribution in [0, 0.1) is 0 Å². The molecule has 0 amide bonds. The number of rotatable bonds is 4. The van der Waals surface area contributed by atoms with E-state index < -0.39 is 5.79 Å². The standard InChI is InChI=1S/C11H22NO2.C7H11NO2.C6H10O4.2C5H8O2S.C4H6O2S2.BrH/c1-3-6-12(7-4-2)8-5-11(13)14-10-9-12;1-8-6-3-2-4-7(9)10-5-6;1-6(2)9-3-5(7)8-4-10-6;6-5-1-3-8-4-2-7-5;6-5-2-1-3-8-4-7-5;5-4-1-2-7-8-3-6-4;/h3-10H2,1-2H3;2-5H2,1H3;3-4H2,1-2H3;2*1-4H2;1-3H2;1H/q+1;;;;;;. The highest BCUT2D eigenvalue weighted by Crippen LogP contribution is 2.25. The normalized spacial score (nSPS) is 22.3. The zero-order chi connectivity index (χ0) is 42.9. The van der Waals surface area contributed by atoms with E-state index in [4.69, 9.17) is 33.2 Å². The summed E-state index contributed by atoms with van der Waals surface area (Å²) in [6.45, 7) is 13.8. The predicted molar refractivity (Wildman–Crippen MR) is 238 cm³/mol. The van der Waals surface area contributed by atoms with Gasteiger partial charge in [0.1, 0.15) is 44.9 Å². The van der Waals surface area contributed by atoms with E-state index in [1.54, 1.807) is 66.0 Å². The van der Waals surface area contributed by atoms with E-state index in [0.717, 1.165) is 65.6 Å². The van der Waals surface area contributed by atoms with Gasteiger partial charge in [0.15, 0.2) is 12.6 Å². The minimum Gasteiger partial charge on any atom is -0.465 e. The average molecular weight is 983 g/mol. The van der Waals surface area contributed by atoms with Crippen LogP contribution in [0.4, 0.5) is 0 Å². The second-order valence-corrected chi connectivity index (χ2v) is 18.3. The van der Waals surface area contributed by atoms with Crippen molar-refractivity contribution in [1.29, 1.82) is 0 Å². The van der Waals surface area contributed by atoms with E-state index in [9.17, 15) is 28.8 Å². The molecule has 0 unspecified atom stereocenters. The molecule has 6 heterocycles. The molecule has 6 fully saturated rings. The zero-order valence-electron chi connectivity index (χ0n) is 35.3. The molecule has 0 radical (unpaired) electrons. The van der Waals surface area contributed by atoms with Crippen LogP contribution in [0.5, 0.6) is 0 Å². The number of hydrogen-bond donors (Lipinski definition) is 0. The number of ether oxygens (including phenoxy) is 8. The summed E-state index contributed by atoms with van der Waals surface area (Å²) in [6.07, 6.45) is 8.04. The molecular formula is C38H66BrN2O14S4+. The Morgan fingerprint density at radius 1 is 0.576 bits per heavy atom. The molecule has 0 aromatic heterocycles. The SMILES string of the molecule is Br.CC1(C)OCOC(=O)CO1.CCC[N+]1(CCC)CCOC(=O)CC1.CN=C1CCCC(=O)OC1.O=C1CCCSCO1.O=C1CCSCCO1.O=C1CCSSCO1. The Morgan fingerprint density at radius 3 is 1.93 bits per heavy atom. The van der Waals surface area contributed by atoms with Gasteiger partial charge in [0.25, 0.3) is 0 Å². The highest BCUT2D eigenvalue weighted by Gasteiger charge is 2.30. The van der Waals surface area contributed by atoms with Crippen LogP contribution in [0.2, 0.25) is 0 Å². The zero-order valence-corrected chi connectivity index (χ0v) is 40.3. The lowest BCUT2D eigenvalue weighted by Crippen LogP contribution is -2.50. The number of nitrogens with zero attached hydrogens (tertiary/aromatic N) is 2. The van der Waals surface area contributed by atoms with Crippen LogP contribution >= 0.6 is 62.1 Å². The van der Waals surface area contributed by atoms with Crippen molar-refractivity contribution in [3.63, 3.8) is 0 Å². The number of halogens is 1. The van der Waals surface area contributed by atoms with Crippen molar-refractivity contribution in [3.8, 4) is 0 Å². The summed E-state index contributed by atoms with van der Waals surface area (Å²) in [5.74, 6) is 3.56. The Hall–Kier alpha value is -1.75. The van der Waals surface area contributed by atoms with Gasteiger partial charge in [-0.25, -0.2) is 4.79 Å². The summed E-state index contributed by atoms with van der Waals surface area (Å²) in [5, 5.41) is 0. The summed E-state index contributed by atoms with van der Waals surface area (Å²) in [5.41, 5.74) is 0.992. The number of carbonyl (C=O) groups excluding carboxylic acids is 6. The molecule has 0 bridgehead atoms. The van der Waals surface area contributed by atoms with Crippen molar-refractivity contribution in [3.05, 3.63) is 0 Å². The quantitative estimate of drug-likeness (QED) is 0.135. The van der Waals surface area contributed by atoms with Crippen LogP contribution in [0.15, 0.2) is 4.99 Å². The lowest BCUT2D eigenvalue weighted by Gasteiger charge is -2.36.